The fourth-order valence-corrected chi connectivity index (χ4v) is 4.01. The van der Waals surface area contributed by atoms with Crippen LogP contribution in [0.4, 0.5) is 0 Å². The van der Waals surface area contributed by atoms with E-state index in [2.05, 4.69) is 12.2 Å². The summed E-state index contributed by atoms with van der Waals surface area (Å²) in [5.74, 6) is -1.45. The quantitative estimate of drug-likeness (QED) is 0.611. The average molecular weight is 344 g/mol. The van der Waals surface area contributed by atoms with E-state index >= 15 is 0 Å². The summed E-state index contributed by atoms with van der Waals surface area (Å²) < 4.78 is 4.95. The van der Waals surface area contributed by atoms with Crippen LogP contribution in [0.2, 0.25) is 0 Å². The van der Waals surface area contributed by atoms with E-state index in [-0.39, 0.29) is 35.6 Å². The Morgan fingerprint density at radius 2 is 1.12 bits per heavy atom. The van der Waals surface area contributed by atoms with Gasteiger partial charge in [0, 0.05) is 0 Å². The van der Waals surface area contributed by atoms with Crippen molar-refractivity contribution in [3.05, 3.63) is 83.9 Å². The number of hydrogen-bond acceptors (Lipinski definition) is 3. The summed E-state index contributed by atoms with van der Waals surface area (Å²) in [6, 6.07) is 20.0. The summed E-state index contributed by atoms with van der Waals surface area (Å²) in [5.41, 5.74) is 2.18. The lowest BCUT2D eigenvalue weighted by molar-refractivity contribution is -0.154. The predicted octanol–water partition coefficient (Wildman–Crippen LogP) is 4.37. The highest BCUT2D eigenvalue weighted by Crippen LogP contribution is 2.48. The van der Waals surface area contributed by atoms with Gasteiger partial charge in [0.2, 0.25) is 0 Å². The molecule has 0 N–H and O–H groups in total. The van der Waals surface area contributed by atoms with Crippen LogP contribution in [0.25, 0.3) is 12.2 Å². The molecule has 3 nitrogen and oxygen atoms in total. The Bertz CT molecular complexity index is 780. The number of cyclic esters (lactones) is 2. The molecule has 2 fully saturated rings. The summed E-state index contributed by atoms with van der Waals surface area (Å²) in [5, 5.41) is 0. The fourth-order valence-electron chi connectivity index (χ4n) is 4.01. The van der Waals surface area contributed by atoms with E-state index in [1.807, 2.05) is 72.8 Å². The van der Waals surface area contributed by atoms with Crippen molar-refractivity contribution in [2.75, 3.05) is 0 Å². The van der Waals surface area contributed by atoms with Crippen LogP contribution in [0, 0.1) is 23.7 Å². The predicted molar refractivity (Wildman–Crippen MR) is 101 cm³/mol. The van der Waals surface area contributed by atoms with Crippen LogP contribution in [-0.2, 0) is 14.3 Å². The van der Waals surface area contributed by atoms with E-state index in [1.54, 1.807) is 0 Å². The van der Waals surface area contributed by atoms with Crippen LogP contribution < -0.4 is 0 Å². The van der Waals surface area contributed by atoms with Gasteiger partial charge in [-0.2, -0.15) is 0 Å². The number of rotatable bonds is 4. The molecule has 1 saturated heterocycles. The molecule has 2 aliphatic rings. The summed E-state index contributed by atoms with van der Waals surface area (Å²) >= 11 is 0. The van der Waals surface area contributed by atoms with Crippen LogP contribution in [-0.4, -0.2) is 11.9 Å². The molecule has 0 radical (unpaired) electrons. The zero-order valence-electron chi connectivity index (χ0n) is 14.3. The van der Waals surface area contributed by atoms with Gasteiger partial charge in [0.1, 0.15) is 0 Å². The van der Waals surface area contributed by atoms with Crippen LogP contribution in [0.1, 0.15) is 17.5 Å². The highest BCUT2D eigenvalue weighted by atomic mass is 16.6. The third-order valence-electron chi connectivity index (χ3n) is 5.27. The second-order valence-corrected chi connectivity index (χ2v) is 6.89. The second kappa shape index (κ2) is 7.12. The zero-order valence-corrected chi connectivity index (χ0v) is 14.3. The lowest BCUT2D eigenvalue weighted by atomic mass is 9.88. The van der Waals surface area contributed by atoms with Crippen molar-refractivity contribution >= 4 is 24.1 Å². The molecule has 1 aliphatic carbocycles. The minimum Gasteiger partial charge on any atom is -0.393 e. The molecular formula is C23H20O3. The Morgan fingerprint density at radius 1 is 0.692 bits per heavy atom. The Balaban J connectivity index is 1.57. The Labute approximate surface area is 153 Å². The lowest BCUT2D eigenvalue weighted by Crippen LogP contribution is -2.19. The highest BCUT2D eigenvalue weighted by Gasteiger charge is 2.55. The number of carbonyl (C=O) groups is 2. The van der Waals surface area contributed by atoms with Crippen LogP contribution in [0.3, 0.4) is 0 Å². The Hall–Kier alpha value is -2.94. The summed E-state index contributed by atoms with van der Waals surface area (Å²) in [6.45, 7) is 0. The molecule has 4 atom stereocenters. The van der Waals surface area contributed by atoms with E-state index in [1.165, 1.54) is 0 Å². The monoisotopic (exact) mass is 344 g/mol. The summed E-state index contributed by atoms with van der Waals surface area (Å²) in [4.78, 5) is 24.4. The largest absolute Gasteiger partial charge is 0.393 e. The van der Waals surface area contributed by atoms with Gasteiger partial charge in [-0.1, -0.05) is 85.0 Å². The third kappa shape index (κ3) is 3.25. The molecule has 0 aromatic heterocycles. The Kier molecular flexibility index (Phi) is 4.53. The van der Waals surface area contributed by atoms with Crippen molar-refractivity contribution in [2.24, 2.45) is 23.7 Å². The number of ether oxygens (including phenoxy) is 1. The highest BCUT2D eigenvalue weighted by molar-refractivity contribution is 5.97. The molecule has 0 bridgehead atoms. The maximum Gasteiger partial charge on any atom is 0.318 e. The number of benzene rings is 2. The molecule has 26 heavy (non-hydrogen) atoms. The first kappa shape index (κ1) is 16.5. The molecule has 1 heterocycles. The summed E-state index contributed by atoms with van der Waals surface area (Å²) in [7, 11) is 0. The van der Waals surface area contributed by atoms with Gasteiger partial charge in [0.15, 0.2) is 0 Å². The van der Waals surface area contributed by atoms with E-state index in [4.69, 9.17) is 4.74 Å². The second-order valence-electron chi connectivity index (χ2n) is 6.89. The molecule has 3 heteroatoms. The third-order valence-corrected chi connectivity index (χ3v) is 5.27. The Morgan fingerprint density at radius 3 is 1.54 bits per heavy atom. The maximum atomic E-state index is 12.2. The first-order valence-electron chi connectivity index (χ1n) is 8.94. The van der Waals surface area contributed by atoms with Crippen LogP contribution in [0.5, 0.6) is 0 Å². The summed E-state index contributed by atoms with van der Waals surface area (Å²) in [6.07, 6.45) is 8.96. The van der Waals surface area contributed by atoms with Crippen molar-refractivity contribution in [1.82, 2.24) is 0 Å². The van der Waals surface area contributed by atoms with Gasteiger partial charge < -0.3 is 4.74 Å². The SMILES string of the molecule is O=C1OC(=O)[C@H]2C(C=Cc3ccccc3)CC(/C=C/c3ccccc3)C12. The number of hydrogen-bond donors (Lipinski definition) is 0. The van der Waals surface area contributed by atoms with Crippen LogP contribution in [0.15, 0.2) is 72.8 Å². The molecule has 0 spiro atoms. The van der Waals surface area contributed by atoms with Gasteiger partial charge in [0.05, 0.1) is 11.8 Å². The van der Waals surface area contributed by atoms with Gasteiger partial charge in [-0.05, 0) is 29.4 Å². The molecule has 2 aromatic rings. The topological polar surface area (TPSA) is 43.4 Å². The van der Waals surface area contributed by atoms with Crippen molar-refractivity contribution < 1.29 is 14.3 Å². The van der Waals surface area contributed by atoms with Crippen molar-refractivity contribution in [3.63, 3.8) is 0 Å². The maximum absolute atomic E-state index is 12.2. The molecule has 1 aliphatic heterocycles. The standard InChI is InChI=1S/C23H20O3/c24-22-20-18(13-11-16-7-3-1-4-8-16)15-19(21(20)23(25)26-22)14-12-17-9-5-2-6-10-17/h1-14,18-21H,15H2/b13-11+,14-12?/t18?,19?,20?,21-/m0/s1. The molecule has 3 unspecified atom stereocenters. The van der Waals surface area contributed by atoms with E-state index in [9.17, 15) is 9.59 Å². The first-order valence-corrected chi connectivity index (χ1v) is 8.94. The van der Waals surface area contributed by atoms with E-state index < -0.39 is 0 Å². The molecule has 2 aromatic carbocycles. The molecule has 130 valence electrons. The van der Waals surface area contributed by atoms with Gasteiger partial charge in [-0.25, -0.2) is 0 Å². The number of fused-ring (bicyclic) bond motifs is 1. The first-order chi connectivity index (χ1) is 12.7. The van der Waals surface area contributed by atoms with Crippen molar-refractivity contribution in [1.29, 1.82) is 0 Å². The minimum atomic E-state index is -0.377. The van der Waals surface area contributed by atoms with E-state index in [0.717, 1.165) is 17.5 Å². The van der Waals surface area contributed by atoms with Gasteiger partial charge in [-0.15, -0.1) is 0 Å². The number of allylic oxidation sites excluding steroid dienone is 2. The molecular weight excluding hydrogens is 324 g/mol. The van der Waals surface area contributed by atoms with E-state index in [0.29, 0.717) is 0 Å². The van der Waals surface area contributed by atoms with Crippen molar-refractivity contribution in [3.8, 4) is 0 Å². The van der Waals surface area contributed by atoms with Gasteiger partial charge in [-0.3, -0.25) is 9.59 Å². The molecule has 1 saturated carbocycles. The van der Waals surface area contributed by atoms with Gasteiger partial charge >= 0.3 is 11.9 Å². The average Bonchev–Trinajstić information content (AvgIpc) is 3.19. The fraction of sp³-hybridized carbons (Fsp3) is 0.217. The lowest BCUT2D eigenvalue weighted by Gasteiger charge is -2.09. The normalized spacial score (nSPS) is 28.0. The molecule has 0 amide bonds. The minimum absolute atomic E-state index is 0.0181. The van der Waals surface area contributed by atoms with Crippen molar-refractivity contribution in [2.45, 2.75) is 6.42 Å². The molecule has 4 rings (SSSR count). The zero-order chi connectivity index (χ0) is 17.9. The number of esters is 2. The van der Waals surface area contributed by atoms with Gasteiger partial charge in [0.25, 0.3) is 0 Å². The smallest absolute Gasteiger partial charge is 0.318 e. The van der Waals surface area contributed by atoms with Crippen LogP contribution >= 0.6 is 0 Å². The number of carbonyl (C=O) groups excluding carboxylic acids is 2.